The van der Waals surface area contributed by atoms with E-state index in [4.69, 9.17) is 0 Å². The van der Waals surface area contributed by atoms with Crippen molar-refractivity contribution in [2.24, 2.45) is 41.4 Å². The zero-order valence-electron chi connectivity index (χ0n) is 12.1. The molecule has 4 aliphatic rings. The first-order valence-electron chi connectivity index (χ1n) is 8.83. The molecule has 0 spiro atoms. The van der Waals surface area contributed by atoms with Crippen molar-refractivity contribution in [3.63, 3.8) is 0 Å². The van der Waals surface area contributed by atoms with Crippen LogP contribution >= 0.6 is 0 Å². The maximum Gasteiger partial charge on any atom is -0.0352 e. The maximum atomic E-state index is 2.50. The molecular weight excluding hydrogens is 216 g/mol. The fraction of sp³-hybridized carbons (Fsp3) is 1.00. The summed E-state index contributed by atoms with van der Waals surface area (Å²) < 4.78 is 0. The number of fused-ring (bicyclic) bond motifs is 5. The predicted molar refractivity (Wildman–Crippen MR) is 76.3 cm³/mol. The van der Waals surface area contributed by atoms with Crippen LogP contribution < -0.4 is 0 Å². The van der Waals surface area contributed by atoms with Gasteiger partial charge in [0.2, 0.25) is 0 Å². The Hall–Kier alpha value is 0. The van der Waals surface area contributed by atoms with Gasteiger partial charge in [-0.25, -0.2) is 0 Å². The smallest absolute Gasteiger partial charge is 0.0352 e. The summed E-state index contributed by atoms with van der Waals surface area (Å²) in [6.45, 7) is 2.50. The van der Waals surface area contributed by atoms with Crippen LogP contribution in [0.2, 0.25) is 0 Å². The van der Waals surface area contributed by atoms with Crippen molar-refractivity contribution in [1.29, 1.82) is 0 Å². The molecule has 0 aromatic heterocycles. The van der Waals surface area contributed by atoms with Crippen LogP contribution in [0.4, 0.5) is 0 Å². The van der Waals surface area contributed by atoms with Crippen LogP contribution in [0.15, 0.2) is 0 Å². The van der Waals surface area contributed by atoms with Crippen LogP contribution in [0.25, 0.3) is 0 Å². The largest absolute Gasteiger partial charge is 0.0625 e. The second-order valence-corrected chi connectivity index (χ2v) is 8.18. The zero-order chi connectivity index (χ0) is 12.1. The standard InChI is InChI=1S/C18H30/c1-12-5-8-16-14(11-12)7-10-17-15-4-2-3-13(15)6-9-18(16)17/h12-18H,2-11H2,1H3. The Morgan fingerprint density at radius 1 is 0.556 bits per heavy atom. The van der Waals surface area contributed by atoms with E-state index in [2.05, 4.69) is 6.92 Å². The fourth-order valence-electron chi connectivity index (χ4n) is 6.71. The second-order valence-electron chi connectivity index (χ2n) is 8.18. The molecule has 4 fully saturated rings. The molecule has 4 saturated carbocycles. The molecule has 0 aliphatic heterocycles. The Morgan fingerprint density at radius 3 is 2.06 bits per heavy atom. The van der Waals surface area contributed by atoms with Gasteiger partial charge in [0.05, 0.1) is 0 Å². The second kappa shape index (κ2) is 4.53. The molecule has 0 heteroatoms. The molecule has 0 aromatic carbocycles. The van der Waals surface area contributed by atoms with Crippen molar-refractivity contribution in [3.05, 3.63) is 0 Å². The molecule has 0 nitrogen and oxygen atoms in total. The van der Waals surface area contributed by atoms with Gasteiger partial charge in [-0.15, -0.1) is 0 Å². The topological polar surface area (TPSA) is 0 Å². The van der Waals surface area contributed by atoms with Gasteiger partial charge in [0.1, 0.15) is 0 Å². The first kappa shape index (κ1) is 11.8. The lowest BCUT2D eigenvalue weighted by molar-refractivity contribution is -0.0269. The minimum Gasteiger partial charge on any atom is -0.0625 e. The van der Waals surface area contributed by atoms with Gasteiger partial charge in [-0.1, -0.05) is 26.2 Å². The highest BCUT2D eigenvalue weighted by atomic mass is 14.5. The third-order valence-corrected chi connectivity index (χ3v) is 7.41. The molecule has 0 radical (unpaired) electrons. The summed E-state index contributed by atoms with van der Waals surface area (Å²) in [7, 11) is 0. The van der Waals surface area contributed by atoms with Crippen molar-refractivity contribution < 1.29 is 0 Å². The van der Waals surface area contributed by atoms with E-state index in [1.165, 1.54) is 11.8 Å². The minimum absolute atomic E-state index is 1.03. The third kappa shape index (κ3) is 1.78. The molecule has 7 atom stereocenters. The molecule has 0 saturated heterocycles. The molecule has 102 valence electrons. The van der Waals surface area contributed by atoms with E-state index in [1.54, 1.807) is 64.2 Å². The highest BCUT2D eigenvalue weighted by molar-refractivity contribution is 4.98. The van der Waals surface area contributed by atoms with Crippen LogP contribution in [0.1, 0.15) is 71.1 Å². The van der Waals surface area contributed by atoms with Crippen LogP contribution in [-0.4, -0.2) is 0 Å². The summed E-state index contributed by atoms with van der Waals surface area (Å²) in [5, 5.41) is 0. The average molecular weight is 246 g/mol. The molecule has 0 heterocycles. The van der Waals surface area contributed by atoms with E-state index in [0.717, 1.165) is 29.6 Å². The maximum absolute atomic E-state index is 2.50. The number of hydrogen-bond donors (Lipinski definition) is 0. The molecule has 0 aromatic rings. The van der Waals surface area contributed by atoms with Gasteiger partial charge in [-0.3, -0.25) is 0 Å². The van der Waals surface area contributed by atoms with Gasteiger partial charge in [-0.2, -0.15) is 0 Å². The van der Waals surface area contributed by atoms with E-state index >= 15 is 0 Å². The Labute approximate surface area is 113 Å². The molecular formula is C18H30. The summed E-state index contributed by atoms with van der Waals surface area (Å²) in [4.78, 5) is 0. The molecule has 0 bridgehead atoms. The average Bonchev–Trinajstić information content (AvgIpc) is 2.86. The van der Waals surface area contributed by atoms with E-state index in [-0.39, 0.29) is 0 Å². The van der Waals surface area contributed by atoms with Gasteiger partial charge in [0, 0.05) is 0 Å². The lowest BCUT2D eigenvalue weighted by Crippen LogP contribution is -2.44. The van der Waals surface area contributed by atoms with Crippen molar-refractivity contribution in [2.45, 2.75) is 71.1 Å². The van der Waals surface area contributed by atoms with Crippen LogP contribution in [0, 0.1) is 41.4 Å². The molecule has 0 N–H and O–H groups in total. The van der Waals surface area contributed by atoms with E-state index in [0.29, 0.717) is 0 Å². The molecule has 18 heavy (non-hydrogen) atoms. The summed E-state index contributed by atoms with van der Waals surface area (Å²) in [6, 6.07) is 0. The molecule has 4 aliphatic carbocycles. The lowest BCUT2D eigenvalue weighted by atomic mass is 9.53. The summed E-state index contributed by atoms with van der Waals surface area (Å²) >= 11 is 0. The van der Waals surface area contributed by atoms with E-state index < -0.39 is 0 Å². The zero-order valence-corrected chi connectivity index (χ0v) is 12.1. The summed E-state index contributed by atoms with van der Waals surface area (Å²) in [6.07, 6.45) is 15.9. The van der Waals surface area contributed by atoms with Gasteiger partial charge < -0.3 is 0 Å². The Bertz CT molecular complexity index is 307. The van der Waals surface area contributed by atoms with Gasteiger partial charge in [-0.05, 0) is 86.4 Å². The van der Waals surface area contributed by atoms with Gasteiger partial charge in [0.25, 0.3) is 0 Å². The van der Waals surface area contributed by atoms with Crippen molar-refractivity contribution >= 4 is 0 Å². The molecule has 4 rings (SSSR count). The molecule has 7 unspecified atom stereocenters. The fourth-order valence-corrected chi connectivity index (χ4v) is 6.71. The highest BCUT2D eigenvalue weighted by Crippen LogP contribution is 2.58. The quantitative estimate of drug-likeness (QED) is 0.546. The normalized spacial score (nSPS) is 55.5. The lowest BCUT2D eigenvalue weighted by Gasteiger charge is -2.52. The van der Waals surface area contributed by atoms with Crippen LogP contribution in [0.5, 0.6) is 0 Å². The number of hydrogen-bond acceptors (Lipinski definition) is 0. The van der Waals surface area contributed by atoms with Crippen molar-refractivity contribution in [3.8, 4) is 0 Å². The highest BCUT2D eigenvalue weighted by Gasteiger charge is 2.48. The van der Waals surface area contributed by atoms with Crippen LogP contribution in [0.3, 0.4) is 0 Å². The van der Waals surface area contributed by atoms with Crippen LogP contribution in [-0.2, 0) is 0 Å². The molecule has 0 amide bonds. The predicted octanol–water partition coefficient (Wildman–Crippen LogP) is 5.28. The monoisotopic (exact) mass is 246 g/mol. The first-order chi connectivity index (χ1) is 8.83. The van der Waals surface area contributed by atoms with E-state index in [1.807, 2.05) is 0 Å². The SMILES string of the molecule is CC1CCC2C(CCC3C4CCCC4CCC23)C1. The van der Waals surface area contributed by atoms with Crippen molar-refractivity contribution in [2.75, 3.05) is 0 Å². The third-order valence-electron chi connectivity index (χ3n) is 7.41. The van der Waals surface area contributed by atoms with Gasteiger partial charge >= 0.3 is 0 Å². The Kier molecular flexibility index (Phi) is 2.97. The minimum atomic E-state index is 1.03. The summed E-state index contributed by atoms with van der Waals surface area (Å²) in [5.74, 6) is 7.98. The first-order valence-corrected chi connectivity index (χ1v) is 8.83. The Morgan fingerprint density at radius 2 is 1.22 bits per heavy atom. The number of rotatable bonds is 0. The Balaban J connectivity index is 1.53. The summed E-state index contributed by atoms with van der Waals surface area (Å²) in [5.41, 5.74) is 0. The van der Waals surface area contributed by atoms with E-state index in [9.17, 15) is 0 Å². The van der Waals surface area contributed by atoms with Crippen molar-refractivity contribution in [1.82, 2.24) is 0 Å². The van der Waals surface area contributed by atoms with Gasteiger partial charge in [0.15, 0.2) is 0 Å².